The summed E-state index contributed by atoms with van der Waals surface area (Å²) >= 11 is 1.35. The molecule has 0 fully saturated rings. The molecule has 0 aliphatic rings. The van der Waals surface area contributed by atoms with Gasteiger partial charge in [0.05, 0.1) is 18.4 Å². The van der Waals surface area contributed by atoms with Crippen LogP contribution in [0.2, 0.25) is 0 Å². The largest absolute Gasteiger partial charge is 0.496 e. The fraction of sp³-hybridized carbons (Fsp3) is 0.0667. The van der Waals surface area contributed by atoms with Crippen molar-refractivity contribution in [2.75, 3.05) is 18.2 Å². The molecule has 2 N–H and O–H groups in total. The number of para-hydroxylation sites is 1. The summed E-state index contributed by atoms with van der Waals surface area (Å²) < 4.78 is 5.29. The predicted molar refractivity (Wildman–Crippen MR) is 149 cm³/mol. The number of ether oxygens (including phenoxy) is 1. The summed E-state index contributed by atoms with van der Waals surface area (Å²) in [6.07, 6.45) is 4.78. The molecule has 0 bridgehead atoms. The number of amides is 2. The maximum absolute atomic E-state index is 13.2. The highest BCUT2D eigenvalue weighted by Crippen LogP contribution is 2.25. The topological polar surface area (TPSA) is 97.4 Å². The van der Waals surface area contributed by atoms with Crippen LogP contribution in [0.1, 0.15) is 26.3 Å². The summed E-state index contributed by atoms with van der Waals surface area (Å²) in [5.41, 5.74) is 2.19. The third-order valence-corrected chi connectivity index (χ3v) is 6.39. The number of pyridine rings is 1. The number of aromatic nitrogens is 1. The summed E-state index contributed by atoms with van der Waals surface area (Å²) in [6, 6.07) is 26.4. The lowest BCUT2D eigenvalue weighted by Gasteiger charge is -2.12. The number of anilines is 1. The highest BCUT2D eigenvalue weighted by molar-refractivity contribution is 8.00. The minimum atomic E-state index is -0.495. The van der Waals surface area contributed by atoms with E-state index in [9.17, 15) is 14.4 Å². The molecule has 0 saturated heterocycles. The van der Waals surface area contributed by atoms with E-state index in [0.717, 1.165) is 4.90 Å². The average Bonchev–Trinajstić information content (AvgIpc) is 2.96. The highest BCUT2D eigenvalue weighted by Gasteiger charge is 2.16. The standard InChI is InChI=1S/C30H25N3O4S/c1-37-28-15-6-5-14-25(28)27(34)20-38-24-13-7-12-23(18-24)32-30(36)26(17-21-9-8-16-31-19-21)33-29(35)22-10-3-2-4-11-22/h2-19H,20H2,1H3,(H,32,36)(H,33,35)/b26-17-. The van der Waals surface area contributed by atoms with Crippen molar-refractivity contribution < 1.29 is 19.1 Å². The molecule has 0 unspecified atom stereocenters. The number of methoxy groups -OCH3 is 1. The van der Waals surface area contributed by atoms with Crippen LogP contribution < -0.4 is 15.4 Å². The van der Waals surface area contributed by atoms with E-state index in [4.69, 9.17) is 4.74 Å². The van der Waals surface area contributed by atoms with Gasteiger partial charge in [-0.25, -0.2) is 0 Å². The fourth-order valence-corrected chi connectivity index (χ4v) is 4.37. The Labute approximate surface area is 225 Å². The zero-order chi connectivity index (χ0) is 26.7. The van der Waals surface area contributed by atoms with E-state index in [0.29, 0.717) is 28.1 Å². The number of rotatable bonds is 10. The molecular formula is C30H25N3O4S. The molecule has 38 heavy (non-hydrogen) atoms. The van der Waals surface area contributed by atoms with Crippen molar-refractivity contribution in [1.29, 1.82) is 0 Å². The minimum Gasteiger partial charge on any atom is -0.496 e. The van der Waals surface area contributed by atoms with Gasteiger partial charge in [0.25, 0.3) is 11.8 Å². The Morgan fingerprint density at radius 2 is 1.71 bits per heavy atom. The molecule has 0 radical (unpaired) electrons. The maximum atomic E-state index is 13.2. The van der Waals surface area contributed by atoms with Crippen LogP contribution >= 0.6 is 11.8 Å². The number of carbonyl (C=O) groups is 3. The van der Waals surface area contributed by atoms with Crippen LogP contribution in [0.15, 0.2) is 114 Å². The molecule has 4 rings (SSSR count). The highest BCUT2D eigenvalue weighted by atomic mass is 32.2. The lowest BCUT2D eigenvalue weighted by molar-refractivity contribution is -0.113. The van der Waals surface area contributed by atoms with E-state index >= 15 is 0 Å². The summed E-state index contributed by atoms with van der Waals surface area (Å²) in [5, 5.41) is 5.54. The number of nitrogens with zero attached hydrogens (tertiary/aromatic N) is 1. The van der Waals surface area contributed by atoms with Crippen LogP contribution in [0.5, 0.6) is 5.75 Å². The lowest BCUT2D eigenvalue weighted by Crippen LogP contribution is -2.30. The van der Waals surface area contributed by atoms with Crippen molar-refractivity contribution in [2.24, 2.45) is 0 Å². The minimum absolute atomic E-state index is 0.0628. The molecule has 3 aromatic carbocycles. The second-order valence-corrected chi connectivity index (χ2v) is 9.11. The Bertz CT molecular complexity index is 1460. The van der Waals surface area contributed by atoms with E-state index in [1.54, 1.807) is 91.3 Å². The molecule has 8 heteroatoms. The van der Waals surface area contributed by atoms with Crippen molar-refractivity contribution in [2.45, 2.75) is 4.90 Å². The Hall–Kier alpha value is -4.69. The Morgan fingerprint density at radius 3 is 2.47 bits per heavy atom. The van der Waals surface area contributed by atoms with Gasteiger partial charge in [-0.2, -0.15) is 0 Å². The zero-order valence-electron chi connectivity index (χ0n) is 20.6. The van der Waals surface area contributed by atoms with E-state index in [1.807, 2.05) is 18.2 Å². The van der Waals surface area contributed by atoms with E-state index in [-0.39, 0.29) is 17.2 Å². The Balaban J connectivity index is 1.47. The van der Waals surface area contributed by atoms with Gasteiger partial charge in [0.1, 0.15) is 11.4 Å². The fourth-order valence-electron chi connectivity index (χ4n) is 3.53. The van der Waals surface area contributed by atoms with Crippen LogP contribution in [-0.4, -0.2) is 35.4 Å². The van der Waals surface area contributed by atoms with E-state index < -0.39 is 11.8 Å². The van der Waals surface area contributed by atoms with Crippen LogP contribution in [0.3, 0.4) is 0 Å². The molecule has 4 aromatic rings. The quantitative estimate of drug-likeness (QED) is 0.162. The van der Waals surface area contributed by atoms with Gasteiger partial charge in [-0.1, -0.05) is 42.5 Å². The number of hydrogen-bond donors (Lipinski definition) is 2. The molecule has 0 aliphatic heterocycles. The van der Waals surface area contributed by atoms with E-state index in [1.165, 1.54) is 18.9 Å². The summed E-state index contributed by atoms with van der Waals surface area (Å²) in [6.45, 7) is 0. The molecule has 1 aromatic heterocycles. The first-order chi connectivity index (χ1) is 18.5. The number of carbonyl (C=O) groups excluding carboxylic acids is 3. The normalized spacial score (nSPS) is 10.9. The molecule has 0 spiro atoms. The SMILES string of the molecule is COc1ccccc1C(=O)CSc1cccc(NC(=O)/C(=C/c2cccnc2)NC(=O)c2ccccc2)c1. The molecule has 190 valence electrons. The van der Waals surface area contributed by atoms with Gasteiger partial charge in [0.2, 0.25) is 0 Å². The second kappa shape index (κ2) is 13.0. The number of thioether (sulfide) groups is 1. The summed E-state index contributed by atoms with van der Waals surface area (Å²) in [5.74, 6) is -0.228. The van der Waals surface area contributed by atoms with Crippen LogP contribution in [0.4, 0.5) is 5.69 Å². The van der Waals surface area contributed by atoms with Gasteiger partial charge < -0.3 is 15.4 Å². The first kappa shape index (κ1) is 26.4. The number of nitrogens with one attached hydrogen (secondary N) is 2. The zero-order valence-corrected chi connectivity index (χ0v) is 21.4. The summed E-state index contributed by atoms with van der Waals surface area (Å²) in [7, 11) is 1.53. The van der Waals surface area contributed by atoms with Crippen molar-refractivity contribution >= 4 is 41.1 Å². The third kappa shape index (κ3) is 7.18. The van der Waals surface area contributed by atoms with Crippen LogP contribution in [-0.2, 0) is 4.79 Å². The van der Waals surface area contributed by atoms with E-state index in [2.05, 4.69) is 15.6 Å². The average molecular weight is 524 g/mol. The first-order valence-corrected chi connectivity index (χ1v) is 12.7. The van der Waals surface area contributed by atoms with Gasteiger partial charge in [-0.15, -0.1) is 11.8 Å². The number of Topliss-reactive ketones (excluding diaryl/α,β-unsaturated/α-hetero) is 1. The van der Waals surface area contributed by atoms with Crippen LogP contribution in [0, 0.1) is 0 Å². The molecule has 2 amide bonds. The van der Waals surface area contributed by atoms with Gasteiger partial charge in [-0.3, -0.25) is 19.4 Å². The molecular weight excluding hydrogens is 498 g/mol. The number of ketones is 1. The summed E-state index contributed by atoms with van der Waals surface area (Å²) in [4.78, 5) is 43.6. The van der Waals surface area contributed by atoms with Gasteiger partial charge in [0.15, 0.2) is 5.78 Å². The van der Waals surface area contributed by atoms with Crippen molar-refractivity contribution in [3.05, 3.63) is 126 Å². The molecule has 0 aliphatic carbocycles. The van der Waals surface area contributed by atoms with Crippen molar-refractivity contribution in [3.8, 4) is 5.75 Å². The second-order valence-electron chi connectivity index (χ2n) is 8.06. The molecule has 7 nitrogen and oxygen atoms in total. The predicted octanol–water partition coefficient (Wildman–Crippen LogP) is 5.47. The van der Waals surface area contributed by atoms with Crippen molar-refractivity contribution in [1.82, 2.24) is 10.3 Å². The number of benzene rings is 3. The number of hydrogen-bond acceptors (Lipinski definition) is 6. The van der Waals surface area contributed by atoms with Gasteiger partial charge in [0, 0.05) is 28.5 Å². The Kier molecular flexibility index (Phi) is 9.04. The maximum Gasteiger partial charge on any atom is 0.272 e. The molecule has 0 atom stereocenters. The molecule has 0 saturated carbocycles. The van der Waals surface area contributed by atoms with Crippen molar-refractivity contribution in [3.63, 3.8) is 0 Å². The third-order valence-electron chi connectivity index (χ3n) is 5.39. The van der Waals surface area contributed by atoms with Gasteiger partial charge in [-0.05, 0) is 60.2 Å². The monoisotopic (exact) mass is 523 g/mol. The Morgan fingerprint density at radius 1 is 0.921 bits per heavy atom. The molecule has 1 heterocycles. The van der Waals surface area contributed by atoms with Gasteiger partial charge >= 0.3 is 0 Å². The first-order valence-electron chi connectivity index (χ1n) is 11.7. The van der Waals surface area contributed by atoms with Crippen LogP contribution in [0.25, 0.3) is 6.08 Å². The lowest BCUT2D eigenvalue weighted by atomic mass is 10.1. The smallest absolute Gasteiger partial charge is 0.272 e.